The number of rotatable bonds is 8. The molecule has 41 heavy (non-hydrogen) atoms. The van der Waals surface area contributed by atoms with Crippen LogP contribution in [0.5, 0.6) is 0 Å². The molecule has 1 aliphatic rings. The van der Waals surface area contributed by atoms with Crippen LogP contribution in [-0.4, -0.2) is 40.7 Å². The van der Waals surface area contributed by atoms with Gasteiger partial charge in [-0.2, -0.15) is 31.4 Å². The first-order chi connectivity index (χ1) is 19.2. The third-order valence-electron chi connectivity index (χ3n) is 7.59. The molecule has 2 heterocycles. The van der Waals surface area contributed by atoms with Crippen molar-refractivity contribution in [3.8, 4) is 0 Å². The topological polar surface area (TPSA) is 93.5 Å². The Hall–Kier alpha value is -3.65. The second-order valence-corrected chi connectivity index (χ2v) is 10.0. The van der Waals surface area contributed by atoms with E-state index in [1.54, 1.807) is 6.92 Å². The lowest BCUT2D eigenvalue weighted by molar-refractivity contribution is -0.143. The average Bonchev–Trinajstić information content (AvgIpc) is 3.37. The summed E-state index contributed by atoms with van der Waals surface area (Å²) in [6.45, 7) is 3.19. The number of ether oxygens (including phenoxy) is 1. The molecule has 2 aromatic carbocycles. The Labute approximate surface area is 231 Å². The molecule has 3 atom stereocenters. The maximum absolute atomic E-state index is 13.4. The number of nitrogens with zero attached hydrogens (tertiary/aromatic N) is 3. The molecule has 0 aliphatic carbocycles. The van der Waals surface area contributed by atoms with Crippen molar-refractivity contribution in [1.82, 2.24) is 20.1 Å². The zero-order valence-corrected chi connectivity index (χ0v) is 22.4. The lowest BCUT2D eigenvalue weighted by Gasteiger charge is -2.47. The van der Waals surface area contributed by atoms with E-state index < -0.39 is 46.4 Å². The fourth-order valence-corrected chi connectivity index (χ4v) is 5.16. The Kier molecular flexibility index (Phi) is 8.37. The molecule has 1 aromatic heterocycles. The highest BCUT2D eigenvalue weighted by Gasteiger charge is 2.48. The van der Waals surface area contributed by atoms with Crippen molar-refractivity contribution in [1.29, 1.82) is 0 Å². The minimum Gasteiger partial charge on any atom is -0.399 e. The van der Waals surface area contributed by atoms with Crippen molar-refractivity contribution in [2.24, 2.45) is 5.16 Å². The van der Waals surface area contributed by atoms with Crippen LogP contribution in [0.15, 0.2) is 64.8 Å². The Balaban J connectivity index is 1.66. The van der Waals surface area contributed by atoms with Gasteiger partial charge in [-0.15, -0.1) is 0 Å². The zero-order chi connectivity index (χ0) is 30.1. The van der Waals surface area contributed by atoms with Gasteiger partial charge >= 0.3 is 18.0 Å². The number of hydrogen-bond acceptors (Lipinski definition) is 6. The normalized spacial score (nSPS) is 22.9. The van der Waals surface area contributed by atoms with Crippen molar-refractivity contribution in [2.75, 3.05) is 20.3 Å². The van der Waals surface area contributed by atoms with E-state index in [0.717, 1.165) is 5.56 Å². The zero-order valence-electron chi connectivity index (χ0n) is 22.4. The van der Waals surface area contributed by atoms with Gasteiger partial charge in [0.2, 0.25) is 0 Å². The molecule has 1 saturated heterocycles. The van der Waals surface area contributed by atoms with E-state index in [1.165, 1.54) is 24.9 Å². The van der Waals surface area contributed by atoms with E-state index in [9.17, 15) is 31.1 Å². The Morgan fingerprint density at radius 3 is 2.20 bits per heavy atom. The summed E-state index contributed by atoms with van der Waals surface area (Å²) in [6, 6.07) is 10.6. The smallest absolute Gasteiger partial charge is 0.399 e. The Morgan fingerprint density at radius 2 is 1.71 bits per heavy atom. The lowest BCUT2D eigenvalue weighted by atomic mass is 9.74. The fraction of sp³-hybridized carbons (Fsp3) is 0.444. The second kappa shape index (κ2) is 11.3. The summed E-state index contributed by atoms with van der Waals surface area (Å²) in [6.07, 6.45) is -8.98. The van der Waals surface area contributed by atoms with Crippen molar-refractivity contribution in [3.63, 3.8) is 0 Å². The van der Waals surface area contributed by atoms with Gasteiger partial charge in [0, 0.05) is 6.54 Å². The third kappa shape index (κ3) is 6.17. The van der Waals surface area contributed by atoms with Gasteiger partial charge in [0.25, 0.3) is 0 Å². The Morgan fingerprint density at radius 1 is 1.07 bits per heavy atom. The van der Waals surface area contributed by atoms with Crippen LogP contribution >= 0.6 is 0 Å². The SMILES string of the molecule is CO/N=C(\C)[C@]1(n2cn[nH]c2=O)CC[C@@](CO[C@H](C)c2cc(C(F)(F)F)cc(C(F)(F)F)c2)(c2ccccc2)NC1. The monoisotopic (exact) mass is 585 g/mol. The first kappa shape index (κ1) is 30.3. The number of alkyl halides is 6. The number of halogens is 6. The molecule has 14 heteroatoms. The molecule has 8 nitrogen and oxygen atoms in total. The molecular formula is C27H29F6N5O3. The summed E-state index contributed by atoms with van der Waals surface area (Å²) in [4.78, 5) is 17.5. The van der Waals surface area contributed by atoms with E-state index in [0.29, 0.717) is 30.7 Å². The molecule has 3 aromatic rings. The van der Waals surface area contributed by atoms with Crippen molar-refractivity contribution in [3.05, 3.63) is 87.6 Å². The lowest BCUT2D eigenvalue weighted by Crippen LogP contribution is -2.62. The van der Waals surface area contributed by atoms with Gasteiger partial charge in [-0.3, -0.25) is 4.57 Å². The van der Waals surface area contributed by atoms with Crippen LogP contribution in [0.4, 0.5) is 26.3 Å². The minimum atomic E-state index is -4.97. The highest BCUT2D eigenvalue weighted by Crippen LogP contribution is 2.41. The number of aromatic nitrogens is 3. The molecule has 0 bridgehead atoms. The van der Waals surface area contributed by atoms with E-state index in [4.69, 9.17) is 9.57 Å². The highest BCUT2D eigenvalue weighted by molar-refractivity contribution is 5.89. The Bertz CT molecular complexity index is 1390. The molecule has 0 spiro atoms. The number of benzene rings is 2. The predicted molar refractivity (Wildman–Crippen MR) is 137 cm³/mol. The molecule has 0 amide bonds. The van der Waals surface area contributed by atoms with E-state index in [2.05, 4.69) is 20.7 Å². The molecule has 0 unspecified atom stereocenters. The molecule has 222 valence electrons. The van der Waals surface area contributed by atoms with Gasteiger partial charge in [-0.1, -0.05) is 35.5 Å². The summed E-state index contributed by atoms with van der Waals surface area (Å²) in [5, 5.41) is 13.7. The summed E-state index contributed by atoms with van der Waals surface area (Å²) in [7, 11) is 1.38. The predicted octanol–water partition coefficient (Wildman–Crippen LogP) is 5.38. The van der Waals surface area contributed by atoms with Gasteiger partial charge in [0.1, 0.15) is 19.0 Å². The van der Waals surface area contributed by atoms with E-state index in [1.807, 2.05) is 30.3 Å². The van der Waals surface area contributed by atoms with Crippen molar-refractivity contribution < 1.29 is 35.9 Å². The first-order valence-corrected chi connectivity index (χ1v) is 12.6. The average molecular weight is 586 g/mol. The van der Waals surface area contributed by atoms with Gasteiger partial charge in [-0.05, 0) is 56.0 Å². The number of piperidine rings is 1. The standard InChI is InChI=1S/C27H29F6N5O3/c1-17(19-11-21(26(28,29)30)13-22(12-19)27(31,32)33)41-15-24(20-7-5-4-6-8-20)9-10-25(14-34-24,18(2)37-40-3)38-16-35-36-23(38)39/h4-8,11-13,16-17,34H,9-10,14-15H2,1-3H3,(H,36,39)/b37-18+/t17-,24-,25+/m1/s1. The fourth-order valence-electron chi connectivity index (χ4n) is 5.16. The quantitative estimate of drug-likeness (QED) is 0.210. The van der Waals surface area contributed by atoms with Crippen LogP contribution in [0, 0.1) is 0 Å². The van der Waals surface area contributed by atoms with Crippen LogP contribution in [-0.2, 0) is 33.0 Å². The van der Waals surface area contributed by atoms with Crippen molar-refractivity contribution >= 4 is 5.71 Å². The van der Waals surface area contributed by atoms with E-state index >= 15 is 0 Å². The van der Waals surface area contributed by atoms with Crippen LogP contribution < -0.4 is 11.0 Å². The van der Waals surface area contributed by atoms with Crippen LogP contribution in [0.25, 0.3) is 0 Å². The first-order valence-electron chi connectivity index (χ1n) is 12.6. The molecule has 1 aliphatic heterocycles. The molecular weight excluding hydrogens is 556 g/mol. The molecule has 0 saturated carbocycles. The summed E-state index contributed by atoms with van der Waals surface area (Å²) >= 11 is 0. The van der Waals surface area contributed by atoms with Gasteiger partial charge < -0.3 is 14.9 Å². The van der Waals surface area contributed by atoms with Crippen LogP contribution in [0.1, 0.15) is 55.0 Å². The molecule has 1 fully saturated rings. The number of hydrogen-bond donors (Lipinski definition) is 2. The summed E-state index contributed by atoms with van der Waals surface area (Å²) < 4.78 is 88.0. The number of oxime groups is 1. The summed E-state index contributed by atoms with van der Waals surface area (Å²) in [5.41, 5.74) is -4.10. The van der Waals surface area contributed by atoms with Crippen LogP contribution in [0.3, 0.4) is 0 Å². The second-order valence-electron chi connectivity index (χ2n) is 10.0. The largest absolute Gasteiger partial charge is 0.416 e. The van der Waals surface area contributed by atoms with Gasteiger partial charge in [-0.25, -0.2) is 9.89 Å². The third-order valence-corrected chi connectivity index (χ3v) is 7.59. The maximum Gasteiger partial charge on any atom is 0.416 e. The van der Waals surface area contributed by atoms with Crippen molar-refractivity contribution in [2.45, 2.75) is 56.2 Å². The van der Waals surface area contributed by atoms with Gasteiger partial charge in [0.15, 0.2) is 0 Å². The summed E-state index contributed by atoms with van der Waals surface area (Å²) in [5.74, 6) is 0. The number of nitrogens with one attached hydrogen (secondary N) is 2. The minimum absolute atomic E-state index is 0.0890. The number of aromatic amines is 1. The molecule has 2 N–H and O–H groups in total. The number of H-pyrrole nitrogens is 1. The van der Waals surface area contributed by atoms with E-state index in [-0.39, 0.29) is 24.8 Å². The van der Waals surface area contributed by atoms with Gasteiger partial charge in [0.05, 0.1) is 35.1 Å². The molecule has 4 rings (SSSR count). The highest BCUT2D eigenvalue weighted by atomic mass is 19.4. The van der Waals surface area contributed by atoms with Crippen LogP contribution in [0.2, 0.25) is 0 Å². The molecule has 0 radical (unpaired) electrons. The maximum atomic E-state index is 13.4.